The summed E-state index contributed by atoms with van der Waals surface area (Å²) in [5, 5.41) is 12.1. The fourth-order valence-electron chi connectivity index (χ4n) is 1.41. The Balaban J connectivity index is 2.35. The number of aromatic nitrogens is 3. The highest BCUT2D eigenvalue weighted by Crippen LogP contribution is 2.28. The van der Waals surface area contributed by atoms with Crippen LogP contribution in [0, 0.1) is 11.3 Å². The van der Waals surface area contributed by atoms with Crippen molar-refractivity contribution in [2.45, 2.75) is 12.6 Å². The first-order valence-corrected chi connectivity index (χ1v) is 5.44. The molecule has 0 N–H and O–H groups in total. The topological polar surface area (TPSA) is 54.5 Å². The second-order valence-electron chi connectivity index (χ2n) is 3.60. The van der Waals surface area contributed by atoms with Crippen LogP contribution in [0.4, 0.5) is 13.2 Å². The first kappa shape index (κ1) is 13.4. The SMILES string of the molecule is N#CCc1ncc(-n2ccc(C(F)(F)F)n2)cc1Cl. The van der Waals surface area contributed by atoms with Gasteiger partial charge in [-0.1, -0.05) is 11.6 Å². The smallest absolute Gasteiger partial charge is 0.256 e. The molecule has 0 spiro atoms. The Morgan fingerprint density at radius 1 is 1.42 bits per heavy atom. The van der Waals surface area contributed by atoms with Gasteiger partial charge in [-0.15, -0.1) is 0 Å². The number of nitrogens with zero attached hydrogens (tertiary/aromatic N) is 4. The van der Waals surface area contributed by atoms with Crippen molar-refractivity contribution < 1.29 is 13.2 Å². The van der Waals surface area contributed by atoms with Crippen molar-refractivity contribution in [3.05, 3.63) is 40.9 Å². The minimum absolute atomic E-state index is 0.0338. The molecule has 0 fully saturated rings. The van der Waals surface area contributed by atoms with E-state index >= 15 is 0 Å². The molecule has 2 heterocycles. The van der Waals surface area contributed by atoms with Crippen molar-refractivity contribution >= 4 is 11.6 Å². The highest BCUT2D eigenvalue weighted by atomic mass is 35.5. The molecule has 0 saturated heterocycles. The lowest BCUT2D eigenvalue weighted by Crippen LogP contribution is -2.07. The largest absolute Gasteiger partial charge is 0.435 e. The van der Waals surface area contributed by atoms with Gasteiger partial charge in [0.2, 0.25) is 0 Å². The number of nitriles is 1. The van der Waals surface area contributed by atoms with Crippen molar-refractivity contribution in [2.75, 3.05) is 0 Å². The van der Waals surface area contributed by atoms with E-state index in [0.29, 0.717) is 11.4 Å². The van der Waals surface area contributed by atoms with Gasteiger partial charge in [0.25, 0.3) is 0 Å². The number of pyridine rings is 1. The van der Waals surface area contributed by atoms with Gasteiger partial charge in [-0.05, 0) is 12.1 Å². The molecule has 2 aromatic rings. The molecule has 0 aliphatic rings. The van der Waals surface area contributed by atoms with Gasteiger partial charge in [-0.3, -0.25) is 4.98 Å². The molecule has 0 unspecified atom stereocenters. The summed E-state index contributed by atoms with van der Waals surface area (Å²) in [5.41, 5.74) is -0.331. The predicted octanol–water partition coefficient (Wildman–Crippen LogP) is 3.01. The molecule has 2 aromatic heterocycles. The molecular formula is C11H6ClF3N4. The van der Waals surface area contributed by atoms with Gasteiger partial charge in [0.1, 0.15) is 0 Å². The highest BCUT2D eigenvalue weighted by molar-refractivity contribution is 6.31. The molecule has 0 aromatic carbocycles. The fraction of sp³-hybridized carbons (Fsp3) is 0.182. The standard InChI is InChI=1S/C11H6ClF3N4/c12-8-5-7(6-17-9(8)1-3-16)19-4-2-10(18-19)11(13,14)15/h2,4-6H,1H2. The average molecular weight is 287 g/mol. The van der Waals surface area contributed by atoms with Crippen molar-refractivity contribution in [2.24, 2.45) is 0 Å². The molecule has 0 saturated carbocycles. The van der Waals surface area contributed by atoms with E-state index in [1.807, 2.05) is 6.07 Å². The third-order valence-corrected chi connectivity index (χ3v) is 2.62. The fourth-order valence-corrected chi connectivity index (χ4v) is 1.63. The van der Waals surface area contributed by atoms with Crippen LogP contribution in [-0.2, 0) is 12.6 Å². The first-order chi connectivity index (χ1) is 8.91. The molecule has 19 heavy (non-hydrogen) atoms. The molecule has 0 atom stereocenters. The number of hydrogen-bond donors (Lipinski definition) is 0. The van der Waals surface area contributed by atoms with Crippen LogP contribution in [-0.4, -0.2) is 14.8 Å². The van der Waals surface area contributed by atoms with Crippen LogP contribution in [0.2, 0.25) is 5.02 Å². The van der Waals surface area contributed by atoms with Crippen LogP contribution < -0.4 is 0 Å². The van der Waals surface area contributed by atoms with Gasteiger partial charge < -0.3 is 0 Å². The molecule has 8 heteroatoms. The van der Waals surface area contributed by atoms with Crippen LogP contribution in [0.1, 0.15) is 11.4 Å². The quantitative estimate of drug-likeness (QED) is 0.853. The third-order valence-electron chi connectivity index (χ3n) is 2.29. The lowest BCUT2D eigenvalue weighted by molar-refractivity contribution is -0.141. The van der Waals surface area contributed by atoms with Crippen molar-refractivity contribution in [1.82, 2.24) is 14.8 Å². The van der Waals surface area contributed by atoms with Crippen LogP contribution in [0.5, 0.6) is 0 Å². The molecule has 0 radical (unpaired) electrons. The highest BCUT2D eigenvalue weighted by Gasteiger charge is 2.33. The lowest BCUT2D eigenvalue weighted by Gasteiger charge is -2.05. The zero-order valence-corrected chi connectivity index (χ0v) is 10.1. The van der Waals surface area contributed by atoms with E-state index in [-0.39, 0.29) is 11.4 Å². The van der Waals surface area contributed by atoms with E-state index in [2.05, 4.69) is 10.1 Å². The van der Waals surface area contributed by atoms with Crippen LogP contribution >= 0.6 is 11.6 Å². The van der Waals surface area contributed by atoms with E-state index < -0.39 is 11.9 Å². The average Bonchev–Trinajstić information content (AvgIpc) is 2.81. The minimum Gasteiger partial charge on any atom is -0.256 e. The number of hydrogen-bond acceptors (Lipinski definition) is 3. The summed E-state index contributed by atoms with van der Waals surface area (Å²) in [6.45, 7) is 0. The molecule has 0 amide bonds. The zero-order valence-electron chi connectivity index (χ0n) is 9.32. The second-order valence-corrected chi connectivity index (χ2v) is 4.01. The Hall–Kier alpha value is -2.07. The van der Waals surface area contributed by atoms with Crippen LogP contribution in [0.25, 0.3) is 5.69 Å². The lowest BCUT2D eigenvalue weighted by atomic mass is 10.3. The van der Waals surface area contributed by atoms with Gasteiger partial charge in [0.15, 0.2) is 5.69 Å². The second kappa shape index (κ2) is 4.90. The summed E-state index contributed by atoms with van der Waals surface area (Å²) in [6, 6.07) is 4.16. The van der Waals surface area contributed by atoms with Gasteiger partial charge in [-0.2, -0.15) is 23.5 Å². The zero-order chi connectivity index (χ0) is 14.0. The molecular weight excluding hydrogens is 281 g/mol. The van der Waals surface area contributed by atoms with Crippen molar-refractivity contribution in [3.8, 4) is 11.8 Å². The normalized spacial score (nSPS) is 11.3. The van der Waals surface area contributed by atoms with Gasteiger partial charge in [0, 0.05) is 6.20 Å². The van der Waals surface area contributed by atoms with E-state index in [9.17, 15) is 13.2 Å². The Bertz CT molecular complexity index is 642. The molecule has 4 nitrogen and oxygen atoms in total. The monoisotopic (exact) mass is 286 g/mol. The van der Waals surface area contributed by atoms with Gasteiger partial charge >= 0.3 is 6.18 Å². The third kappa shape index (κ3) is 2.85. The molecule has 98 valence electrons. The van der Waals surface area contributed by atoms with Gasteiger partial charge in [0.05, 0.1) is 35.1 Å². The maximum atomic E-state index is 12.4. The van der Waals surface area contributed by atoms with Crippen LogP contribution in [0.15, 0.2) is 24.5 Å². The first-order valence-electron chi connectivity index (χ1n) is 5.06. The summed E-state index contributed by atoms with van der Waals surface area (Å²) in [5.74, 6) is 0. The summed E-state index contributed by atoms with van der Waals surface area (Å²) < 4.78 is 38.2. The maximum absolute atomic E-state index is 12.4. The summed E-state index contributed by atoms with van der Waals surface area (Å²) >= 11 is 5.88. The Labute approximate surface area is 111 Å². The van der Waals surface area contributed by atoms with Crippen LogP contribution in [0.3, 0.4) is 0 Å². The van der Waals surface area contributed by atoms with E-state index in [1.165, 1.54) is 18.5 Å². The molecule has 0 aliphatic heterocycles. The summed E-state index contributed by atoms with van der Waals surface area (Å²) in [6.07, 6.45) is -1.99. The van der Waals surface area contributed by atoms with Gasteiger partial charge in [-0.25, -0.2) is 4.68 Å². The van der Waals surface area contributed by atoms with E-state index in [0.717, 1.165) is 10.7 Å². The maximum Gasteiger partial charge on any atom is 0.435 e. The summed E-state index contributed by atoms with van der Waals surface area (Å²) in [7, 11) is 0. The molecule has 0 aliphatic carbocycles. The Morgan fingerprint density at radius 3 is 2.68 bits per heavy atom. The predicted molar refractivity (Wildman–Crippen MR) is 60.7 cm³/mol. The number of halogens is 4. The van der Waals surface area contributed by atoms with E-state index in [4.69, 9.17) is 16.9 Å². The Kier molecular flexibility index (Phi) is 3.44. The van der Waals surface area contributed by atoms with Crippen molar-refractivity contribution in [1.29, 1.82) is 5.26 Å². The van der Waals surface area contributed by atoms with Crippen molar-refractivity contribution in [3.63, 3.8) is 0 Å². The minimum atomic E-state index is -4.50. The van der Waals surface area contributed by atoms with E-state index in [1.54, 1.807) is 0 Å². The Morgan fingerprint density at radius 2 is 2.16 bits per heavy atom. The number of rotatable bonds is 2. The molecule has 0 bridgehead atoms. The molecule has 2 rings (SSSR count). The summed E-state index contributed by atoms with van der Waals surface area (Å²) in [4.78, 5) is 3.92. The number of alkyl halides is 3.